The molecule has 0 unspecified atom stereocenters. The van der Waals surface area contributed by atoms with Crippen LogP contribution in [0.1, 0.15) is 48.5 Å². The molecule has 1 atom stereocenters. The molecule has 0 aliphatic rings. The second-order valence-corrected chi connectivity index (χ2v) is 5.78. The van der Waals surface area contributed by atoms with E-state index in [-0.39, 0.29) is 35.8 Å². The third-order valence-electron chi connectivity index (χ3n) is 2.57. The Morgan fingerprint density at radius 3 is 1.56 bits per heavy atom. The van der Waals surface area contributed by atoms with Crippen molar-refractivity contribution in [3.05, 3.63) is 0 Å². The van der Waals surface area contributed by atoms with E-state index >= 15 is 0 Å². The van der Waals surface area contributed by atoms with Crippen molar-refractivity contribution in [1.29, 1.82) is 0 Å². The van der Waals surface area contributed by atoms with Crippen LogP contribution in [0.5, 0.6) is 0 Å². The van der Waals surface area contributed by atoms with Gasteiger partial charge in [-0.3, -0.25) is 4.79 Å². The normalized spacial score (nSPS) is 13.6. The van der Waals surface area contributed by atoms with Gasteiger partial charge < -0.3 is 10.6 Å². The fraction of sp³-hybridized carbons (Fsp3) is 0.917. The van der Waals surface area contributed by atoms with Crippen LogP contribution < -0.4 is 5.73 Å². The number of rotatable bonds is 3. The van der Waals surface area contributed by atoms with Crippen LogP contribution in [-0.2, 0) is 4.79 Å². The lowest BCUT2D eigenvalue weighted by molar-refractivity contribution is -0.138. The smallest absolute Gasteiger partial charge is 0.240 e. The molecule has 0 spiro atoms. The second-order valence-electron chi connectivity index (χ2n) is 5.78. The summed E-state index contributed by atoms with van der Waals surface area (Å²) in [6, 6.07) is -0.0286. The van der Waals surface area contributed by atoms with Crippen molar-refractivity contribution in [2.75, 3.05) is 0 Å². The first-order valence-electron chi connectivity index (χ1n) is 5.66. The van der Waals surface area contributed by atoms with Gasteiger partial charge in [0.1, 0.15) is 0 Å². The summed E-state index contributed by atoms with van der Waals surface area (Å²) in [5, 5.41) is 0. The SMILES string of the molecule is CC(C)N(C(=O)[C@@H](N)C(C)(C)C)C(C)C.Cl. The number of carbonyl (C=O) groups excluding carboxylic acids is 1. The van der Waals surface area contributed by atoms with Crippen LogP contribution >= 0.6 is 12.4 Å². The van der Waals surface area contributed by atoms with E-state index in [1.54, 1.807) is 0 Å². The molecule has 0 radical (unpaired) electrons. The maximum Gasteiger partial charge on any atom is 0.240 e. The van der Waals surface area contributed by atoms with Crippen molar-refractivity contribution in [2.45, 2.75) is 66.6 Å². The molecule has 4 heteroatoms. The molecular formula is C12H27ClN2O. The summed E-state index contributed by atoms with van der Waals surface area (Å²) >= 11 is 0. The molecule has 0 rings (SSSR count). The first-order valence-corrected chi connectivity index (χ1v) is 5.66. The van der Waals surface area contributed by atoms with Gasteiger partial charge in [-0.05, 0) is 33.1 Å². The molecule has 0 aromatic rings. The number of hydrogen-bond acceptors (Lipinski definition) is 2. The Balaban J connectivity index is 0. The minimum Gasteiger partial charge on any atom is -0.336 e. The third kappa shape index (κ3) is 4.71. The van der Waals surface area contributed by atoms with E-state index in [1.807, 2.05) is 53.4 Å². The zero-order valence-electron chi connectivity index (χ0n) is 11.6. The molecule has 0 aliphatic heterocycles. The van der Waals surface area contributed by atoms with Crippen LogP contribution in [-0.4, -0.2) is 28.9 Å². The van der Waals surface area contributed by atoms with E-state index in [0.717, 1.165) is 0 Å². The van der Waals surface area contributed by atoms with Gasteiger partial charge in [0.05, 0.1) is 6.04 Å². The van der Waals surface area contributed by atoms with Gasteiger partial charge in [0.25, 0.3) is 0 Å². The minimum atomic E-state index is -0.428. The Hall–Kier alpha value is -0.280. The fourth-order valence-corrected chi connectivity index (χ4v) is 1.64. The predicted molar refractivity (Wildman–Crippen MR) is 71.8 cm³/mol. The Bertz CT molecular complexity index is 214. The first-order chi connectivity index (χ1) is 6.59. The zero-order valence-corrected chi connectivity index (χ0v) is 12.4. The molecule has 0 aromatic carbocycles. The lowest BCUT2D eigenvalue weighted by Crippen LogP contribution is -2.54. The van der Waals surface area contributed by atoms with Crippen molar-refractivity contribution < 1.29 is 4.79 Å². The first kappa shape index (κ1) is 18.1. The van der Waals surface area contributed by atoms with Gasteiger partial charge >= 0.3 is 0 Å². The minimum absolute atomic E-state index is 0. The Kier molecular flexibility index (Phi) is 7.30. The van der Waals surface area contributed by atoms with Crippen molar-refractivity contribution >= 4 is 18.3 Å². The average Bonchev–Trinajstić information content (AvgIpc) is 1.99. The molecule has 0 aromatic heterocycles. The van der Waals surface area contributed by atoms with E-state index in [2.05, 4.69) is 0 Å². The Morgan fingerprint density at radius 1 is 1.06 bits per heavy atom. The molecule has 16 heavy (non-hydrogen) atoms. The molecule has 3 nitrogen and oxygen atoms in total. The monoisotopic (exact) mass is 250 g/mol. The molecule has 0 saturated carbocycles. The number of nitrogens with two attached hydrogens (primary N) is 1. The summed E-state index contributed by atoms with van der Waals surface area (Å²) in [4.78, 5) is 14.0. The number of nitrogens with zero attached hydrogens (tertiary/aromatic N) is 1. The van der Waals surface area contributed by atoms with E-state index in [0.29, 0.717) is 0 Å². The van der Waals surface area contributed by atoms with Crippen LogP contribution in [0.25, 0.3) is 0 Å². The van der Waals surface area contributed by atoms with Crippen LogP contribution in [0.2, 0.25) is 0 Å². The van der Waals surface area contributed by atoms with Gasteiger partial charge in [0.2, 0.25) is 5.91 Å². The van der Waals surface area contributed by atoms with Crippen LogP contribution in [0.4, 0.5) is 0 Å². The maximum atomic E-state index is 12.2. The quantitative estimate of drug-likeness (QED) is 0.836. The zero-order chi connectivity index (χ0) is 12.4. The predicted octanol–water partition coefficient (Wildman–Crippen LogP) is 2.43. The van der Waals surface area contributed by atoms with E-state index in [1.165, 1.54) is 0 Å². The van der Waals surface area contributed by atoms with E-state index < -0.39 is 6.04 Å². The van der Waals surface area contributed by atoms with Gasteiger partial charge in [0.15, 0.2) is 0 Å². The average molecular weight is 251 g/mol. The van der Waals surface area contributed by atoms with Gasteiger partial charge in [0, 0.05) is 12.1 Å². The lowest BCUT2D eigenvalue weighted by atomic mass is 9.86. The number of carbonyl (C=O) groups is 1. The number of hydrogen-bond donors (Lipinski definition) is 1. The molecule has 0 fully saturated rings. The highest BCUT2D eigenvalue weighted by Gasteiger charge is 2.33. The largest absolute Gasteiger partial charge is 0.336 e. The number of halogens is 1. The van der Waals surface area contributed by atoms with Crippen molar-refractivity contribution in [3.8, 4) is 0 Å². The molecule has 0 saturated heterocycles. The van der Waals surface area contributed by atoms with Crippen LogP contribution in [0, 0.1) is 5.41 Å². The topological polar surface area (TPSA) is 46.3 Å². The van der Waals surface area contributed by atoms with E-state index in [9.17, 15) is 4.79 Å². The second kappa shape index (κ2) is 6.45. The summed E-state index contributed by atoms with van der Waals surface area (Å²) in [5.74, 6) is 0.0486. The van der Waals surface area contributed by atoms with Gasteiger partial charge in [-0.1, -0.05) is 20.8 Å². The molecular weight excluding hydrogens is 224 g/mol. The summed E-state index contributed by atoms with van der Waals surface area (Å²) < 4.78 is 0. The molecule has 1 amide bonds. The lowest BCUT2D eigenvalue weighted by Gasteiger charge is -2.36. The highest BCUT2D eigenvalue weighted by atomic mass is 35.5. The highest BCUT2D eigenvalue weighted by molar-refractivity contribution is 5.85. The maximum absolute atomic E-state index is 12.2. The molecule has 0 heterocycles. The summed E-state index contributed by atoms with van der Waals surface area (Å²) in [5.41, 5.74) is 5.80. The summed E-state index contributed by atoms with van der Waals surface area (Å²) in [6.07, 6.45) is 0. The standard InChI is InChI=1S/C12H26N2O.ClH/c1-8(2)14(9(3)4)11(15)10(13)12(5,6)7;/h8-10H,13H2,1-7H3;1H/t10-;/m1./s1. The Labute approximate surface area is 106 Å². The fourth-order valence-electron chi connectivity index (χ4n) is 1.64. The van der Waals surface area contributed by atoms with Crippen molar-refractivity contribution in [1.82, 2.24) is 4.90 Å². The highest BCUT2D eigenvalue weighted by Crippen LogP contribution is 2.20. The van der Waals surface area contributed by atoms with Gasteiger partial charge in [-0.25, -0.2) is 0 Å². The van der Waals surface area contributed by atoms with Crippen molar-refractivity contribution in [3.63, 3.8) is 0 Å². The number of amides is 1. The van der Waals surface area contributed by atoms with E-state index in [4.69, 9.17) is 5.73 Å². The van der Waals surface area contributed by atoms with Gasteiger partial charge in [-0.15, -0.1) is 12.4 Å². The summed E-state index contributed by atoms with van der Waals surface area (Å²) in [7, 11) is 0. The third-order valence-corrected chi connectivity index (χ3v) is 2.57. The molecule has 98 valence electrons. The van der Waals surface area contributed by atoms with Gasteiger partial charge in [-0.2, -0.15) is 0 Å². The summed E-state index contributed by atoms with van der Waals surface area (Å²) in [6.45, 7) is 14.1. The molecule has 2 N–H and O–H groups in total. The van der Waals surface area contributed by atoms with Crippen LogP contribution in [0.15, 0.2) is 0 Å². The van der Waals surface area contributed by atoms with Crippen molar-refractivity contribution in [2.24, 2.45) is 11.1 Å². The van der Waals surface area contributed by atoms with Crippen LogP contribution in [0.3, 0.4) is 0 Å². The Morgan fingerprint density at radius 2 is 1.38 bits per heavy atom. The molecule has 0 bridgehead atoms. The molecule has 0 aliphatic carbocycles.